The highest BCUT2D eigenvalue weighted by Gasteiger charge is 2.41. The molecule has 1 aromatic carbocycles. The number of quaternary nitrogens is 2. The molecule has 1 saturated carbocycles. The number of likely N-dealkylation sites (N-methyl/N-ethyl adjacent to an activating group) is 2. The molecule has 12 heteroatoms. The molecule has 2 rings (SSSR count). The number of benzene rings is 1. The van der Waals surface area contributed by atoms with Crippen LogP contribution in [-0.2, 0) is 29.2 Å². The number of rotatable bonds is 20. The van der Waals surface area contributed by atoms with Gasteiger partial charge in [0.05, 0.1) is 58.0 Å². The highest BCUT2D eigenvalue weighted by atomic mass is 32.2. The molecule has 47 heavy (non-hydrogen) atoms. The number of nitrogens with zero attached hydrogens (tertiary/aromatic N) is 2. The first-order valence-electron chi connectivity index (χ1n) is 17.2. The number of aliphatic carboxylic acids is 1. The summed E-state index contributed by atoms with van der Waals surface area (Å²) < 4.78 is 40.7. The molecule has 0 aliphatic heterocycles. The van der Waals surface area contributed by atoms with Crippen LogP contribution in [0.5, 0.6) is 0 Å². The van der Waals surface area contributed by atoms with Crippen LogP contribution in [-0.4, -0.2) is 105 Å². The van der Waals surface area contributed by atoms with E-state index in [2.05, 4.69) is 42.0 Å². The summed E-state index contributed by atoms with van der Waals surface area (Å²) in [5.74, 6) is -3.76. The lowest BCUT2D eigenvalue weighted by Crippen LogP contribution is -2.54. The first kappa shape index (κ1) is 40.6. The molecule has 1 aliphatic rings. The van der Waals surface area contributed by atoms with Crippen molar-refractivity contribution in [3.63, 3.8) is 0 Å². The molecule has 11 nitrogen and oxygen atoms in total. The number of nitrogens with two attached hydrogens (primary N) is 1. The average molecular weight is 684 g/mol. The van der Waals surface area contributed by atoms with Crippen LogP contribution in [0.3, 0.4) is 0 Å². The highest BCUT2D eigenvalue weighted by Crippen LogP contribution is 2.46. The summed E-state index contributed by atoms with van der Waals surface area (Å²) in [7, 11) is 4.11. The standard InChI is InChI=1S/C35H59N3O8S/c1-9-25(33(36)39)21-32(34(40)41)31-14-12-13-27(31)20-28(26-15-17-30(18-16-26)47(43,44)45)19-24(4)35(42)46-29(22-37(5,6)10-2)23-38(7,8)11-3/h15-18,24-25,27-29,31-32H,9-14,19-23H2,1-8H3,(H2-2,36,39,40,41,43,44,45)/p+2. The van der Waals surface area contributed by atoms with Gasteiger partial charge in [0.1, 0.15) is 13.1 Å². The normalized spacial score (nSPS) is 20.0. The van der Waals surface area contributed by atoms with Gasteiger partial charge in [0.25, 0.3) is 10.1 Å². The Balaban J connectivity index is 2.39. The van der Waals surface area contributed by atoms with Crippen LogP contribution in [0.1, 0.15) is 84.1 Å². The van der Waals surface area contributed by atoms with Crippen molar-refractivity contribution in [2.75, 3.05) is 54.4 Å². The lowest BCUT2D eigenvalue weighted by atomic mass is 9.73. The SMILES string of the molecule is CCC(CC(C(=O)O)C1CCCC1CC(CC(C)C(=O)OC(C[N+](C)(C)CC)C[N+](C)(C)CC)c1ccc(S(=O)(=O)O)cc1)C(N)=O. The molecule has 0 bridgehead atoms. The number of carbonyl (C=O) groups excluding carboxylic acids is 2. The van der Waals surface area contributed by atoms with Gasteiger partial charge in [-0.05, 0) is 81.4 Å². The molecule has 268 valence electrons. The van der Waals surface area contributed by atoms with E-state index < -0.39 is 39.7 Å². The summed E-state index contributed by atoms with van der Waals surface area (Å²) in [4.78, 5) is 38.0. The van der Waals surface area contributed by atoms with E-state index in [0.29, 0.717) is 41.3 Å². The molecule has 1 aromatic rings. The number of carbonyl (C=O) groups is 3. The summed E-state index contributed by atoms with van der Waals surface area (Å²) in [5.41, 5.74) is 6.40. The van der Waals surface area contributed by atoms with Gasteiger partial charge in [0.15, 0.2) is 6.10 Å². The van der Waals surface area contributed by atoms with Gasteiger partial charge in [-0.1, -0.05) is 38.8 Å². The van der Waals surface area contributed by atoms with Crippen LogP contribution in [0.4, 0.5) is 0 Å². The summed E-state index contributed by atoms with van der Waals surface area (Å²) in [6.07, 6.45) is 3.80. The highest BCUT2D eigenvalue weighted by molar-refractivity contribution is 7.85. The third kappa shape index (κ3) is 12.5. The molecule has 1 aliphatic carbocycles. The Hall–Kier alpha value is -2.54. The molecule has 0 radical (unpaired) electrons. The topological polar surface area (TPSA) is 161 Å². The zero-order valence-electron chi connectivity index (χ0n) is 29.9. The van der Waals surface area contributed by atoms with Crippen molar-refractivity contribution in [3.8, 4) is 0 Å². The van der Waals surface area contributed by atoms with Gasteiger partial charge in [0, 0.05) is 5.92 Å². The molecule has 0 spiro atoms. The molecule has 0 heterocycles. The Kier molecular flexibility index (Phi) is 14.9. The zero-order valence-corrected chi connectivity index (χ0v) is 30.7. The predicted octanol–water partition coefficient (Wildman–Crippen LogP) is 4.56. The molecule has 1 amide bonds. The van der Waals surface area contributed by atoms with E-state index in [-0.39, 0.29) is 41.1 Å². The number of esters is 1. The number of ether oxygens (including phenoxy) is 1. The Bertz CT molecular complexity index is 1280. The summed E-state index contributed by atoms with van der Waals surface area (Å²) in [5, 5.41) is 10.2. The lowest BCUT2D eigenvalue weighted by Gasteiger charge is -2.37. The minimum atomic E-state index is -4.38. The van der Waals surface area contributed by atoms with Gasteiger partial charge < -0.3 is 24.5 Å². The summed E-state index contributed by atoms with van der Waals surface area (Å²) in [6, 6.07) is 6.04. The Labute approximate surface area is 282 Å². The fraction of sp³-hybridized carbons (Fsp3) is 0.743. The average Bonchev–Trinajstić information content (AvgIpc) is 3.43. The predicted molar refractivity (Wildman–Crippen MR) is 182 cm³/mol. The molecule has 4 N–H and O–H groups in total. The maximum Gasteiger partial charge on any atom is 0.309 e. The lowest BCUT2D eigenvalue weighted by molar-refractivity contribution is -0.912. The molecule has 6 unspecified atom stereocenters. The number of primary amides is 1. The molecule has 0 saturated heterocycles. The second kappa shape index (κ2) is 17.2. The number of hydrogen-bond acceptors (Lipinski definition) is 6. The first-order chi connectivity index (χ1) is 21.7. The van der Waals surface area contributed by atoms with Gasteiger partial charge in [-0.2, -0.15) is 8.42 Å². The van der Waals surface area contributed by atoms with Gasteiger partial charge in [-0.3, -0.25) is 18.9 Å². The smallest absolute Gasteiger partial charge is 0.309 e. The Morgan fingerprint density at radius 2 is 1.51 bits per heavy atom. The number of carboxylic acids is 1. The molecule has 6 atom stereocenters. The second-order valence-electron chi connectivity index (χ2n) is 15.1. The minimum absolute atomic E-state index is 0.0222. The van der Waals surface area contributed by atoms with E-state index in [0.717, 1.165) is 37.9 Å². The quantitative estimate of drug-likeness (QED) is 0.102. The van der Waals surface area contributed by atoms with E-state index in [1.54, 1.807) is 12.1 Å². The van der Waals surface area contributed by atoms with Crippen molar-refractivity contribution in [2.24, 2.45) is 35.3 Å². The summed E-state index contributed by atoms with van der Waals surface area (Å²) in [6.45, 7) is 11.1. The summed E-state index contributed by atoms with van der Waals surface area (Å²) >= 11 is 0. The van der Waals surface area contributed by atoms with Crippen molar-refractivity contribution in [3.05, 3.63) is 29.8 Å². The largest absolute Gasteiger partial charge is 0.481 e. The van der Waals surface area contributed by atoms with E-state index in [9.17, 15) is 32.5 Å². The zero-order chi connectivity index (χ0) is 35.7. The van der Waals surface area contributed by atoms with Gasteiger partial charge >= 0.3 is 11.9 Å². The van der Waals surface area contributed by atoms with Crippen molar-refractivity contribution >= 4 is 28.0 Å². The van der Waals surface area contributed by atoms with Gasteiger partial charge in [0.2, 0.25) is 5.91 Å². The first-order valence-corrected chi connectivity index (χ1v) is 18.6. The van der Waals surface area contributed by atoms with Crippen LogP contribution in [0.15, 0.2) is 29.2 Å². The monoisotopic (exact) mass is 683 g/mol. The van der Waals surface area contributed by atoms with Crippen molar-refractivity contribution in [2.45, 2.75) is 89.6 Å². The number of hydrogen-bond donors (Lipinski definition) is 3. The number of amides is 1. The van der Waals surface area contributed by atoms with Crippen molar-refractivity contribution in [1.29, 1.82) is 0 Å². The van der Waals surface area contributed by atoms with Crippen molar-refractivity contribution < 1.29 is 46.2 Å². The molecule has 1 fully saturated rings. The molecular formula is C35H61N3O8S+2. The van der Waals surface area contributed by atoms with E-state index >= 15 is 0 Å². The van der Waals surface area contributed by atoms with Gasteiger partial charge in [-0.15, -0.1) is 0 Å². The maximum absolute atomic E-state index is 13.7. The Morgan fingerprint density at radius 3 is 1.96 bits per heavy atom. The Morgan fingerprint density at radius 1 is 0.957 bits per heavy atom. The third-order valence-electron chi connectivity index (χ3n) is 10.7. The van der Waals surface area contributed by atoms with Crippen molar-refractivity contribution in [1.82, 2.24) is 0 Å². The fourth-order valence-electron chi connectivity index (χ4n) is 7.08. The van der Waals surface area contributed by atoms with Crippen LogP contribution in [0.25, 0.3) is 0 Å². The van der Waals surface area contributed by atoms with Gasteiger partial charge in [-0.25, -0.2) is 0 Å². The molecule has 0 aromatic heterocycles. The number of carboxylic acid groups (broad SMARTS) is 1. The second-order valence-corrected chi connectivity index (χ2v) is 16.5. The van der Waals surface area contributed by atoms with Crippen LogP contribution in [0, 0.1) is 29.6 Å². The third-order valence-corrected chi connectivity index (χ3v) is 11.5. The molecular weight excluding hydrogens is 622 g/mol. The fourth-order valence-corrected chi connectivity index (χ4v) is 7.56. The minimum Gasteiger partial charge on any atom is -0.481 e. The maximum atomic E-state index is 13.7. The van der Waals surface area contributed by atoms with Crippen LogP contribution < -0.4 is 5.73 Å². The van der Waals surface area contributed by atoms with E-state index in [1.807, 2.05) is 13.8 Å². The van der Waals surface area contributed by atoms with Crippen LogP contribution in [0.2, 0.25) is 0 Å². The van der Waals surface area contributed by atoms with E-state index in [4.69, 9.17) is 10.5 Å². The van der Waals surface area contributed by atoms with Crippen LogP contribution >= 0.6 is 0 Å². The van der Waals surface area contributed by atoms with E-state index in [1.165, 1.54) is 12.1 Å².